The molecule has 1 aliphatic carbocycles. The number of hydrogen-bond donors (Lipinski definition) is 2. The first kappa shape index (κ1) is 17.2. The van der Waals surface area contributed by atoms with Crippen LogP contribution in [0.2, 0.25) is 0 Å². The van der Waals surface area contributed by atoms with Crippen molar-refractivity contribution in [3.8, 4) is 0 Å². The molecule has 0 aromatic heterocycles. The number of carbonyl (C=O) groups excluding carboxylic acids is 1. The maximum absolute atomic E-state index is 12.5. The first-order valence-corrected chi connectivity index (χ1v) is 7.96. The number of urea groups is 1. The van der Waals surface area contributed by atoms with Crippen LogP contribution in [-0.4, -0.2) is 40.2 Å². The zero-order valence-electron chi connectivity index (χ0n) is 13.3. The van der Waals surface area contributed by atoms with Crippen LogP contribution in [0, 0.1) is 17.0 Å². The Hall–Kier alpha value is -2.15. The summed E-state index contributed by atoms with van der Waals surface area (Å²) < 4.78 is 0. The zero-order chi connectivity index (χ0) is 16.8. The predicted octanol–water partition coefficient (Wildman–Crippen LogP) is 3.06. The summed E-state index contributed by atoms with van der Waals surface area (Å²) in [6, 6.07) is 4.40. The molecule has 0 unspecified atom stereocenters. The highest BCUT2D eigenvalue weighted by Crippen LogP contribution is 2.27. The number of carbonyl (C=O) groups is 1. The van der Waals surface area contributed by atoms with Crippen molar-refractivity contribution in [3.63, 3.8) is 0 Å². The van der Waals surface area contributed by atoms with Gasteiger partial charge in [0.05, 0.1) is 11.5 Å². The van der Waals surface area contributed by atoms with Crippen molar-refractivity contribution in [2.45, 2.75) is 45.1 Å². The second kappa shape index (κ2) is 7.92. The maximum atomic E-state index is 12.5. The van der Waals surface area contributed by atoms with E-state index in [1.165, 1.54) is 6.07 Å². The number of hydrogen-bond acceptors (Lipinski definition) is 4. The van der Waals surface area contributed by atoms with Crippen LogP contribution in [0.5, 0.6) is 0 Å². The molecule has 23 heavy (non-hydrogen) atoms. The Morgan fingerprint density at radius 2 is 2.09 bits per heavy atom. The van der Waals surface area contributed by atoms with E-state index in [0.29, 0.717) is 0 Å². The van der Waals surface area contributed by atoms with Gasteiger partial charge in [-0.2, -0.15) is 0 Å². The second-order valence-electron chi connectivity index (χ2n) is 5.92. The van der Waals surface area contributed by atoms with Crippen molar-refractivity contribution in [2.24, 2.45) is 0 Å². The molecule has 0 radical (unpaired) electrons. The van der Waals surface area contributed by atoms with Gasteiger partial charge in [-0.15, -0.1) is 0 Å². The number of amides is 2. The Morgan fingerprint density at radius 1 is 1.39 bits per heavy atom. The summed E-state index contributed by atoms with van der Waals surface area (Å²) >= 11 is 0. The number of aliphatic hydroxyl groups excluding tert-OH is 1. The highest BCUT2D eigenvalue weighted by Gasteiger charge is 2.26. The molecule has 0 spiro atoms. The fraction of sp³-hybridized carbons (Fsp3) is 0.562. The molecule has 0 saturated heterocycles. The second-order valence-corrected chi connectivity index (χ2v) is 5.92. The largest absolute Gasteiger partial charge is 0.395 e. The molecular formula is C16H23N3O4. The highest BCUT2D eigenvalue weighted by molar-refractivity contribution is 5.92. The molecule has 7 nitrogen and oxygen atoms in total. The smallest absolute Gasteiger partial charge is 0.322 e. The van der Waals surface area contributed by atoms with Crippen LogP contribution in [0.3, 0.4) is 0 Å². The van der Waals surface area contributed by atoms with Crippen molar-refractivity contribution >= 4 is 17.4 Å². The molecule has 1 aromatic carbocycles. The van der Waals surface area contributed by atoms with Crippen LogP contribution >= 0.6 is 0 Å². The summed E-state index contributed by atoms with van der Waals surface area (Å²) in [6.07, 6.45) is 5.09. The SMILES string of the molecule is Cc1ccc(NC(=O)N(CCO)C2CCCCC2)c([N+](=O)[O-])c1. The van der Waals surface area contributed by atoms with Gasteiger partial charge in [0.15, 0.2) is 0 Å². The van der Waals surface area contributed by atoms with E-state index in [9.17, 15) is 20.0 Å². The summed E-state index contributed by atoms with van der Waals surface area (Å²) in [5.74, 6) is 0. The topological polar surface area (TPSA) is 95.7 Å². The van der Waals surface area contributed by atoms with E-state index in [0.717, 1.165) is 37.7 Å². The average molecular weight is 321 g/mol. The number of nitrogens with zero attached hydrogens (tertiary/aromatic N) is 2. The molecule has 2 amide bonds. The van der Waals surface area contributed by atoms with E-state index >= 15 is 0 Å². The normalized spacial score (nSPS) is 15.2. The van der Waals surface area contributed by atoms with Crippen molar-refractivity contribution < 1.29 is 14.8 Å². The lowest BCUT2D eigenvalue weighted by Gasteiger charge is -2.33. The van der Waals surface area contributed by atoms with Gasteiger partial charge >= 0.3 is 6.03 Å². The number of anilines is 1. The third-order valence-corrected chi connectivity index (χ3v) is 4.21. The molecule has 2 rings (SSSR count). The molecule has 0 aliphatic heterocycles. The lowest BCUT2D eigenvalue weighted by Crippen LogP contribution is -2.45. The fourth-order valence-electron chi connectivity index (χ4n) is 3.04. The molecule has 7 heteroatoms. The number of nitro groups is 1. The van der Waals surface area contributed by atoms with Gasteiger partial charge in [0.25, 0.3) is 5.69 Å². The molecule has 1 fully saturated rings. The molecule has 2 N–H and O–H groups in total. The molecular weight excluding hydrogens is 298 g/mol. The van der Waals surface area contributed by atoms with Gasteiger partial charge in [-0.1, -0.05) is 25.3 Å². The first-order valence-electron chi connectivity index (χ1n) is 7.96. The van der Waals surface area contributed by atoms with Gasteiger partial charge in [-0.3, -0.25) is 10.1 Å². The van der Waals surface area contributed by atoms with Gasteiger partial charge in [0.1, 0.15) is 5.69 Å². The van der Waals surface area contributed by atoms with Gasteiger partial charge in [-0.05, 0) is 31.4 Å². The number of nitro benzene ring substituents is 1. The third kappa shape index (κ3) is 4.41. The van der Waals surface area contributed by atoms with E-state index in [2.05, 4.69) is 5.32 Å². The zero-order valence-corrected chi connectivity index (χ0v) is 13.3. The molecule has 126 valence electrons. The van der Waals surface area contributed by atoms with Gasteiger partial charge in [-0.25, -0.2) is 4.79 Å². The summed E-state index contributed by atoms with van der Waals surface area (Å²) in [5.41, 5.74) is 0.824. The van der Waals surface area contributed by atoms with E-state index in [1.54, 1.807) is 24.0 Å². The monoisotopic (exact) mass is 321 g/mol. The lowest BCUT2D eigenvalue weighted by molar-refractivity contribution is -0.384. The molecule has 0 atom stereocenters. The number of aliphatic hydroxyl groups is 1. The quantitative estimate of drug-likeness (QED) is 0.643. The predicted molar refractivity (Wildman–Crippen MR) is 87.5 cm³/mol. The molecule has 1 aromatic rings. The summed E-state index contributed by atoms with van der Waals surface area (Å²) in [7, 11) is 0. The number of nitrogens with one attached hydrogen (secondary N) is 1. The Morgan fingerprint density at radius 3 is 2.70 bits per heavy atom. The van der Waals surface area contributed by atoms with Crippen molar-refractivity contribution in [3.05, 3.63) is 33.9 Å². The standard InChI is InChI=1S/C16H23N3O4/c1-12-7-8-14(15(11-12)19(22)23)17-16(21)18(9-10-20)13-5-3-2-4-6-13/h7-8,11,13,20H,2-6,9-10H2,1H3,(H,17,21). The van der Waals surface area contributed by atoms with Crippen molar-refractivity contribution in [2.75, 3.05) is 18.5 Å². The summed E-state index contributed by atoms with van der Waals surface area (Å²) in [4.78, 5) is 24.8. The average Bonchev–Trinajstić information content (AvgIpc) is 2.54. The van der Waals surface area contributed by atoms with Crippen molar-refractivity contribution in [1.82, 2.24) is 4.90 Å². The van der Waals surface area contributed by atoms with Gasteiger partial charge in [0.2, 0.25) is 0 Å². The number of benzene rings is 1. The van der Waals surface area contributed by atoms with E-state index < -0.39 is 11.0 Å². The fourth-order valence-corrected chi connectivity index (χ4v) is 3.04. The minimum absolute atomic E-state index is 0.0837. The molecule has 0 bridgehead atoms. The summed E-state index contributed by atoms with van der Waals surface area (Å²) in [6.45, 7) is 1.87. The summed E-state index contributed by atoms with van der Waals surface area (Å²) in [5, 5.41) is 23.0. The minimum atomic E-state index is -0.500. The van der Waals surface area contributed by atoms with Crippen LogP contribution in [0.15, 0.2) is 18.2 Å². The van der Waals surface area contributed by atoms with E-state index in [-0.39, 0.29) is 30.6 Å². The van der Waals surface area contributed by atoms with Gasteiger partial charge < -0.3 is 15.3 Å². The lowest BCUT2D eigenvalue weighted by atomic mass is 9.94. The number of aryl methyl sites for hydroxylation is 1. The molecule has 1 saturated carbocycles. The van der Waals surface area contributed by atoms with E-state index in [4.69, 9.17) is 0 Å². The Balaban J connectivity index is 2.16. The Bertz CT molecular complexity index is 570. The van der Waals surface area contributed by atoms with Crippen molar-refractivity contribution in [1.29, 1.82) is 0 Å². The van der Waals surface area contributed by atoms with Gasteiger partial charge in [0, 0.05) is 18.7 Å². The van der Waals surface area contributed by atoms with Crippen LogP contribution in [0.25, 0.3) is 0 Å². The van der Waals surface area contributed by atoms with Crippen LogP contribution < -0.4 is 5.32 Å². The highest BCUT2D eigenvalue weighted by atomic mass is 16.6. The minimum Gasteiger partial charge on any atom is -0.395 e. The molecule has 0 heterocycles. The van der Waals surface area contributed by atoms with Crippen LogP contribution in [-0.2, 0) is 0 Å². The maximum Gasteiger partial charge on any atom is 0.322 e. The third-order valence-electron chi connectivity index (χ3n) is 4.21. The number of rotatable bonds is 5. The van der Waals surface area contributed by atoms with Crippen LogP contribution in [0.1, 0.15) is 37.7 Å². The Labute approximate surface area is 135 Å². The first-order chi connectivity index (χ1) is 11.0. The van der Waals surface area contributed by atoms with Crippen LogP contribution in [0.4, 0.5) is 16.2 Å². The molecule has 1 aliphatic rings. The van der Waals surface area contributed by atoms with E-state index in [1.807, 2.05) is 0 Å². The Kier molecular flexibility index (Phi) is 5.92.